The van der Waals surface area contributed by atoms with E-state index in [4.69, 9.17) is 0 Å². The first kappa shape index (κ1) is 13.4. The van der Waals surface area contributed by atoms with E-state index in [0.717, 1.165) is 18.4 Å². The van der Waals surface area contributed by atoms with Gasteiger partial charge in [-0.05, 0) is 59.0 Å². The molecule has 0 heterocycles. The maximum absolute atomic E-state index is 9.87. The summed E-state index contributed by atoms with van der Waals surface area (Å²) in [6, 6.07) is 15.3. The van der Waals surface area contributed by atoms with Crippen molar-refractivity contribution < 1.29 is 5.11 Å². The lowest BCUT2D eigenvalue weighted by molar-refractivity contribution is 0.143. The first-order valence-electron chi connectivity index (χ1n) is 7.75. The summed E-state index contributed by atoms with van der Waals surface area (Å²) in [5.41, 5.74) is 1.61. The van der Waals surface area contributed by atoms with Crippen LogP contribution in [0.1, 0.15) is 25.8 Å². The van der Waals surface area contributed by atoms with Gasteiger partial charge in [-0.3, -0.25) is 0 Å². The number of hydrogen-bond acceptors (Lipinski definition) is 1. The molecule has 3 aromatic rings. The molecule has 22 heavy (non-hydrogen) atoms. The van der Waals surface area contributed by atoms with Crippen LogP contribution in [-0.2, 0) is 6.42 Å². The van der Waals surface area contributed by atoms with E-state index in [1.807, 2.05) is 0 Å². The molecule has 0 aromatic heterocycles. The highest BCUT2D eigenvalue weighted by molar-refractivity contribution is 6.12. The zero-order chi connectivity index (χ0) is 15.3. The van der Waals surface area contributed by atoms with Gasteiger partial charge in [0.1, 0.15) is 5.60 Å². The lowest BCUT2D eigenvalue weighted by atomic mass is 9.87. The number of rotatable bonds is 0. The standard InChI is InChI=1S/C21H18O/c1-21(2,22)13-12-14-6-7-17-9-8-15-4-3-5-16-10-11-18(14)20(17)19(15)16/h3-5,8-11,22H,6-7H2,1-2H3. The van der Waals surface area contributed by atoms with E-state index in [2.05, 4.69) is 54.3 Å². The fraction of sp³-hybridized carbons (Fsp3) is 0.238. The van der Waals surface area contributed by atoms with Gasteiger partial charge < -0.3 is 5.11 Å². The molecule has 1 heteroatoms. The van der Waals surface area contributed by atoms with Crippen LogP contribution < -0.4 is 5.22 Å². The van der Waals surface area contributed by atoms with Crippen molar-refractivity contribution in [3.8, 4) is 11.8 Å². The van der Waals surface area contributed by atoms with Gasteiger partial charge in [-0.15, -0.1) is 0 Å². The van der Waals surface area contributed by atoms with E-state index in [1.165, 1.54) is 32.3 Å². The van der Waals surface area contributed by atoms with Crippen molar-refractivity contribution in [3.63, 3.8) is 0 Å². The van der Waals surface area contributed by atoms with E-state index in [0.29, 0.717) is 0 Å². The number of aliphatic hydroxyl groups is 1. The van der Waals surface area contributed by atoms with E-state index in [1.54, 1.807) is 13.8 Å². The fourth-order valence-corrected chi connectivity index (χ4v) is 3.37. The molecule has 0 radical (unpaired) electrons. The van der Waals surface area contributed by atoms with Crippen molar-refractivity contribution in [2.24, 2.45) is 0 Å². The minimum absolute atomic E-state index is 0.948. The number of benzene rings is 3. The number of hydrogen-bond donors (Lipinski definition) is 1. The first-order chi connectivity index (χ1) is 10.5. The molecule has 0 aliphatic heterocycles. The molecule has 4 rings (SSSR count). The minimum atomic E-state index is -0.948. The van der Waals surface area contributed by atoms with Gasteiger partial charge in [0.15, 0.2) is 0 Å². The Hall–Kier alpha value is -2.30. The normalized spacial score (nSPS) is 14.2. The summed E-state index contributed by atoms with van der Waals surface area (Å²) in [5, 5.41) is 16.4. The van der Waals surface area contributed by atoms with Gasteiger partial charge in [0.05, 0.1) is 0 Å². The second kappa shape index (κ2) is 4.60. The predicted molar refractivity (Wildman–Crippen MR) is 92.5 cm³/mol. The fourth-order valence-electron chi connectivity index (χ4n) is 3.37. The molecule has 1 aliphatic carbocycles. The second-order valence-electron chi connectivity index (χ2n) is 6.58. The molecule has 0 bridgehead atoms. The van der Waals surface area contributed by atoms with Gasteiger partial charge in [-0.1, -0.05) is 54.3 Å². The zero-order valence-corrected chi connectivity index (χ0v) is 12.9. The Kier molecular flexibility index (Phi) is 2.79. The Labute approximate surface area is 130 Å². The zero-order valence-electron chi connectivity index (χ0n) is 12.9. The molecular formula is C21H18O. The van der Waals surface area contributed by atoms with Crippen LogP contribution in [-0.4, -0.2) is 10.7 Å². The van der Waals surface area contributed by atoms with Gasteiger partial charge in [-0.2, -0.15) is 0 Å². The van der Waals surface area contributed by atoms with Gasteiger partial charge in [0, 0.05) is 5.57 Å². The molecule has 0 saturated heterocycles. The Balaban J connectivity index is 2.15. The van der Waals surface area contributed by atoms with Crippen LogP contribution in [0.3, 0.4) is 0 Å². The Morgan fingerprint density at radius 3 is 2.36 bits per heavy atom. The average Bonchev–Trinajstić information content (AvgIpc) is 2.50. The second-order valence-corrected chi connectivity index (χ2v) is 6.58. The van der Waals surface area contributed by atoms with Gasteiger partial charge in [-0.25, -0.2) is 0 Å². The van der Waals surface area contributed by atoms with Crippen molar-refractivity contribution in [1.82, 2.24) is 0 Å². The summed E-state index contributed by atoms with van der Waals surface area (Å²) < 4.78 is 0. The lowest BCUT2D eigenvalue weighted by Crippen LogP contribution is -2.17. The quantitative estimate of drug-likeness (QED) is 0.626. The van der Waals surface area contributed by atoms with Crippen LogP contribution in [0.5, 0.6) is 0 Å². The highest BCUT2D eigenvalue weighted by Crippen LogP contribution is 2.30. The number of aryl methyl sites for hydroxylation is 1. The van der Waals surface area contributed by atoms with Crippen LogP contribution in [0, 0.1) is 11.8 Å². The summed E-state index contributed by atoms with van der Waals surface area (Å²) in [4.78, 5) is 0. The van der Waals surface area contributed by atoms with Crippen molar-refractivity contribution in [2.45, 2.75) is 32.3 Å². The Morgan fingerprint density at radius 1 is 0.909 bits per heavy atom. The molecule has 1 nitrogen and oxygen atoms in total. The third-order valence-electron chi connectivity index (χ3n) is 4.35. The first-order valence-corrected chi connectivity index (χ1v) is 7.75. The molecule has 108 valence electrons. The predicted octanol–water partition coefficient (Wildman–Crippen LogP) is 3.58. The maximum atomic E-state index is 9.87. The van der Waals surface area contributed by atoms with E-state index < -0.39 is 5.60 Å². The SMILES string of the molecule is CC(C)(O)C#CC1=c2ccc3cccc4ccc(c2c43)CC1. The van der Waals surface area contributed by atoms with Crippen LogP contribution in [0.25, 0.3) is 27.1 Å². The molecule has 0 atom stereocenters. The molecule has 1 N–H and O–H groups in total. The largest absolute Gasteiger partial charge is 0.378 e. The topological polar surface area (TPSA) is 20.2 Å². The van der Waals surface area contributed by atoms with Crippen molar-refractivity contribution >= 4 is 27.1 Å². The molecule has 0 fully saturated rings. The van der Waals surface area contributed by atoms with Gasteiger partial charge in [0.2, 0.25) is 0 Å². The minimum Gasteiger partial charge on any atom is -0.378 e. The average molecular weight is 286 g/mol. The summed E-state index contributed by atoms with van der Waals surface area (Å²) >= 11 is 0. The molecule has 3 aromatic carbocycles. The molecular weight excluding hydrogens is 268 g/mol. The smallest absolute Gasteiger partial charge is 0.120 e. The van der Waals surface area contributed by atoms with Gasteiger partial charge in [0.25, 0.3) is 0 Å². The van der Waals surface area contributed by atoms with E-state index >= 15 is 0 Å². The summed E-state index contributed by atoms with van der Waals surface area (Å²) in [7, 11) is 0. The lowest BCUT2D eigenvalue weighted by Gasteiger charge is -2.17. The Bertz CT molecular complexity index is 991. The summed E-state index contributed by atoms with van der Waals surface area (Å²) in [6.07, 6.45) is 1.97. The molecule has 0 saturated carbocycles. The van der Waals surface area contributed by atoms with Crippen molar-refractivity contribution in [3.05, 3.63) is 53.2 Å². The Morgan fingerprint density at radius 2 is 1.64 bits per heavy atom. The van der Waals surface area contributed by atoms with Crippen LogP contribution in [0.15, 0.2) is 42.5 Å². The highest BCUT2D eigenvalue weighted by Gasteiger charge is 2.15. The molecule has 0 unspecified atom stereocenters. The van der Waals surface area contributed by atoms with Crippen LogP contribution >= 0.6 is 0 Å². The third-order valence-corrected chi connectivity index (χ3v) is 4.35. The monoisotopic (exact) mass is 286 g/mol. The van der Waals surface area contributed by atoms with Crippen LogP contribution in [0.4, 0.5) is 0 Å². The summed E-state index contributed by atoms with van der Waals surface area (Å²) in [5.74, 6) is 6.20. The molecule has 0 amide bonds. The van der Waals surface area contributed by atoms with E-state index in [9.17, 15) is 5.11 Å². The van der Waals surface area contributed by atoms with E-state index in [-0.39, 0.29) is 0 Å². The molecule has 0 spiro atoms. The highest BCUT2D eigenvalue weighted by atomic mass is 16.3. The molecule has 1 aliphatic rings. The van der Waals surface area contributed by atoms with Crippen molar-refractivity contribution in [1.29, 1.82) is 0 Å². The van der Waals surface area contributed by atoms with Crippen LogP contribution in [0.2, 0.25) is 0 Å². The van der Waals surface area contributed by atoms with Gasteiger partial charge >= 0.3 is 0 Å². The third kappa shape index (κ3) is 2.08. The summed E-state index contributed by atoms with van der Waals surface area (Å²) in [6.45, 7) is 3.46. The van der Waals surface area contributed by atoms with Crippen molar-refractivity contribution in [2.75, 3.05) is 0 Å². The maximum Gasteiger partial charge on any atom is 0.120 e.